The number of nitrogens with zero attached hydrogens (tertiary/aromatic N) is 1. The molecule has 25 heavy (non-hydrogen) atoms. The molecule has 3 rings (SSSR count). The van der Waals surface area contributed by atoms with Crippen LogP contribution < -0.4 is 15.0 Å². The number of rotatable bonds is 4. The highest BCUT2D eigenvalue weighted by atomic mass is 35.5. The molecular weight excluding hydrogens is 340 g/mol. The number of amides is 2. The number of hydrogen-bond donors (Lipinski definition) is 1. The molecule has 1 N–H and O–H groups in total. The number of aryl methyl sites for hydroxylation is 1. The molecule has 0 aliphatic carbocycles. The number of nitrogens with one attached hydrogen (secondary N) is 1. The molecule has 2 aromatic carbocycles. The number of halogens is 1. The van der Waals surface area contributed by atoms with Crippen molar-refractivity contribution in [2.45, 2.75) is 13.3 Å². The van der Waals surface area contributed by atoms with Crippen molar-refractivity contribution >= 4 is 34.8 Å². The molecular formula is C19H19ClN2O3. The Balaban J connectivity index is 1.74. The molecule has 0 radical (unpaired) electrons. The fourth-order valence-electron chi connectivity index (χ4n) is 2.97. The average molecular weight is 359 g/mol. The topological polar surface area (TPSA) is 58.6 Å². The third-order valence-corrected chi connectivity index (χ3v) is 4.55. The summed E-state index contributed by atoms with van der Waals surface area (Å²) in [4.78, 5) is 26.6. The van der Waals surface area contributed by atoms with Crippen LogP contribution in [0.2, 0.25) is 5.02 Å². The minimum absolute atomic E-state index is 0.0857. The van der Waals surface area contributed by atoms with Gasteiger partial charge in [-0.1, -0.05) is 23.7 Å². The first-order valence-electron chi connectivity index (χ1n) is 8.00. The number of anilines is 2. The highest BCUT2D eigenvalue weighted by Crippen LogP contribution is 2.33. The van der Waals surface area contributed by atoms with E-state index < -0.39 is 5.92 Å². The van der Waals surface area contributed by atoms with Gasteiger partial charge in [0.1, 0.15) is 5.75 Å². The van der Waals surface area contributed by atoms with Gasteiger partial charge in [0.2, 0.25) is 11.8 Å². The highest BCUT2D eigenvalue weighted by Gasteiger charge is 2.36. The molecule has 0 bridgehead atoms. The van der Waals surface area contributed by atoms with Crippen LogP contribution in [-0.2, 0) is 9.59 Å². The fraction of sp³-hybridized carbons (Fsp3) is 0.263. The first-order chi connectivity index (χ1) is 12.0. The van der Waals surface area contributed by atoms with Crippen LogP contribution in [0, 0.1) is 12.8 Å². The monoisotopic (exact) mass is 358 g/mol. The Labute approximate surface area is 151 Å². The molecule has 1 aliphatic heterocycles. The number of hydrogen-bond acceptors (Lipinski definition) is 3. The summed E-state index contributed by atoms with van der Waals surface area (Å²) in [6.45, 7) is 2.21. The van der Waals surface area contributed by atoms with Crippen molar-refractivity contribution in [2.24, 2.45) is 5.92 Å². The smallest absolute Gasteiger partial charge is 0.229 e. The molecule has 130 valence electrons. The van der Waals surface area contributed by atoms with E-state index in [4.69, 9.17) is 16.3 Å². The Bertz CT molecular complexity index is 822. The van der Waals surface area contributed by atoms with Gasteiger partial charge in [0.25, 0.3) is 0 Å². The van der Waals surface area contributed by atoms with E-state index >= 15 is 0 Å². The van der Waals surface area contributed by atoms with E-state index in [9.17, 15) is 9.59 Å². The standard InChI is InChI=1S/C19H19ClN2O3/c1-12-9-14(20)7-8-15(12)21-19(24)13-10-18(23)22(11-13)16-5-3-4-6-17(16)25-2/h3-9,13H,10-11H2,1-2H3,(H,21,24)/t13-/m0/s1. The minimum atomic E-state index is -0.410. The van der Waals surface area contributed by atoms with Crippen LogP contribution in [0.1, 0.15) is 12.0 Å². The Kier molecular flexibility index (Phi) is 4.95. The van der Waals surface area contributed by atoms with Gasteiger partial charge in [-0.3, -0.25) is 9.59 Å². The maximum absolute atomic E-state index is 12.6. The summed E-state index contributed by atoms with van der Waals surface area (Å²) in [5.74, 6) is -0.0495. The summed E-state index contributed by atoms with van der Waals surface area (Å²) in [7, 11) is 1.56. The quantitative estimate of drug-likeness (QED) is 0.907. The number of methoxy groups -OCH3 is 1. The first kappa shape index (κ1) is 17.3. The van der Waals surface area contributed by atoms with Crippen molar-refractivity contribution in [2.75, 3.05) is 23.9 Å². The summed E-state index contributed by atoms with van der Waals surface area (Å²) in [5, 5.41) is 3.51. The van der Waals surface area contributed by atoms with Gasteiger partial charge in [-0.05, 0) is 42.8 Å². The zero-order chi connectivity index (χ0) is 18.0. The minimum Gasteiger partial charge on any atom is -0.495 e. The van der Waals surface area contributed by atoms with E-state index in [2.05, 4.69) is 5.32 Å². The van der Waals surface area contributed by atoms with Gasteiger partial charge in [-0.2, -0.15) is 0 Å². The molecule has 0 saturated carbocycles. The molecule has 1 aliphatic rings. The van der Waals surface area contributed by atoms with E-state index in [1.54, 1.807) is 36.3 Å². The van der Waals surface area contributed by atoms with Crippen molar-refractivity contribution in [1.29, 1.82) is 0 Å². The van der Waals surface area contributed by atoms with Crippen molar-refractivity contribution in [3.63, 3.8) is 0 Å². The van der Waals surface area contributed by atoms with Gasteiger partial charge in [0, 0.05) is 23.7 Å². The first-order valence-corrected chi connectivity index (χ1v) is 8.38. The van der Waals surface area contributed by atoms with Crippen LogP contribution in [0.15, 0.2) is 42.5 Å². The summed E-state index contributed by atoms with van der Waals surface area (Å²) in [6, 6.07) is 12.6. The van der Waals surface area contributed by atoms with Crippen molar-refractivity contribution in [3.8, 4) is 5.75 Å². The molecule has 1 atom stereocenters. The third-order valence-electron chi connectivity index (χ3n) is 4.32. The number of ether oxygens (including phenoxy) is 1. The van der Waals surface area contributed by atoms with Crippen molar-refractivity contribution < 1.29 is 14.3 Å². The maximum Gasteiger partial charge on any atom is 0.229 e. The number of para-hydroxylation sites is 2. The zero-order valence-corrected chi connectivity index (χ0v) is 14.8. The van der Waals surface area contributed by atoms with E-state index in [1.807, 2.05) is 25.1 Å². The van der Waals surface area contributed by atoms with Crippen LogP contribution in [0.5, 0.6) is 5.75 Å². The molecule has 0 aromatic heterocycles. The maximum atomic E-state index is 12.6. The molecule has 2 aromatic rings. The summed E-state index contributed by atoms with van der Waals surface area (Å²) >= 11 is 5.94. The molecule has 0 unspecified atom stereocenters. The van der Waals surface area contributed by atoms with Gasteiger partial charge in [0.15, 0.2) is 0 Å². The molecule has 2 amide bonds. The number of carbonyl (C=O) groups excluding carboxylic acids is 2. The molecule has 6 heteroatoms. The molecule has 1 fully saturated rings. The van der Waals surface area contributed by atoms with Crippen LogP contribution in [0.4, 0.5) is 11.4 Å². The lowest BCUT2D eigenvalue weighted by molar-refractivity contribution is -0.122. The van der Waals surface area contributed by atoms with E-state index in [1.165, 1.54) is 0 Å². The van der Waals surface area contributed by atoms with Gasteiger partial charge < -0.3 is 15.0 Å². The Hall–Kier alpha value is -2.53. The summed E-state index contributed by atoms with van der Waals surface area (Å²) in [5.41, 5.74) is 2.28. The normalized spacial score (nSPS) is 16.8. The lowest BCUT2D eigenvalue weighted by atomic mass is 10.1. The lowest BCUT2D eigenvalue weighted by Gasteiger charge is -2.19. The van der Waals surface area contributed by atoms with Crippen LogP contribution in [0.3, 0.4) is 0 Å². The highest BCUT2D eigenvalue weighted by molar-refractivity contribution is 6.30. The SMILES string of the molecule is COc1ccccc1N1C[C@@H](C(=O)Nc2ccc(Cl)cc2C)CC1=O. The molecule has 0 spiro atoms. The van der Waals surface area contributed by atoms with Crippen LogP contribution in [-0.4, -0.2) is 25.5 Å². The Morgan fingerprint density at radius 3 is 2.76 bits per heavy atom. The summed E-state index contributed by atoms with van der Waals surface area (Å²) < 4.78 is 5.32. The van der Waals surface area contributed by atoms with Crippen LogP contribution in [0.25, 0.3) is 0 Å². The fourth-order valence-corrected chi connectivity index (χ4v) is 3.20. The number of benzene rings is 2. The largest absolute Gasteiger partial charge is 0.495 e. The van der Waals surface area contributed by atoms with Crippen molar-refractivity contribution in [1.82, 2.24) is 0 Å². The van der Waals surface area contributed by atoms with Gasteiger partial charge in [0.05, 0.1) is 18.7 Å². The second-order valence-corrected chi connectivity index (χ2v) is 6.46. The third kappa shape index (κ3) is 3.61. The predicted molar refractivity (Wildman–Crippen MR) is 98.3 cm³/mol. The van der Waals surface area contributed by atoms with Crippen molar-refractivity contribution in [3.05, 3.63) is 53.1 Å². The zero-order valence-electron chi connectivity index (χ0n) is 14.1. The molecule has 5 nitrogen and oxygen atoms in total. The van der Waals surface area contributed by atoms with E-state index in [0.717, 1.165) is 5.56 Å². The Morgan fingerprint density at radius 2 is 2.04 bits per heavy atom. The van der Waals surface area contributed by atoms with Crippen LogP contribution >= 0.6 is 11.6 Å². The molecule has 1 heterocycles. The lowest BCUT2D eigenvalue weighted by Crippen LogP contribution is -2.28. The van der Waals surface area contributed by atoms with Gasteiger partial charge >= 0.3 is 0 Å². The second-order valence-electron chi connectivity index (χ2n) is 6.03. The second kappa shape index (κ2) is 7.15. The van der Waals surface area contributed by atoms with Gasteiger partial charge in [-0.25, -0.2) is 0 Å². The molecule has 1 saturated heterocycles. The summed E-state index contributed by atoms with van der Waals surface area (Å²) in [6.07, 6.45) is 0.177. The number of carbonyl (C=O) groups is 2. The van der Waals surface area contributed by atoms with Gasteiger partial charge in [-0.15, -0.1) is 0 Å². The average Bonchev–Trinajstić information content (AvgIpc) is 2.99. The predicted octanol–water partition coefficient (Wildman–Crippen LogP) is 3.65. The van der Waals surface area contributed by atoms with E-state index in [0.29, 0.717) is 28.7 Å². The van der Waals surface area contributed by atoms with E-state index in [-0.39, 0.29) is 18.2 Å². The Morgan fingerprint density at radius 1 is 1.28 bits per heavy atom.